The highest BCUT2D eigenvalue weighted by Gasteiger charge is 2.19. The molecule has 106 valence electrons. The van der Waals surface area contributed by atoms with Crippen molar-refractivity contribution >= 4 is 15.9 Å². The average Bonchev–Trinajstić information content (AvgIpc) is 2.63. The first-order valence-corrected chi connectivity index (χ1v) is 8.15. The highest BCUT2D eigenvalue weighted by Crippen LogP contribution is 2.29. The van der Waals surface area contributed by atoms with Crippen molar-refractivity contribution in [2.24, 2.45) is 5.92 Å². The number of rotatable bonds is 3. The van der Waals surface area contributed by atoms with Crippen LogP contribution in [0.25, 0.3) is 0 Å². The van der Waals surface area contributed by atoms with Gasteiger partial charge in [0.05, 0.1) is 5.69 Å². The Morgan fingerprint density at radius 3 is 2.47 bits per heavy atom. The molecule has 1 fully saturated rings. The Morgan fingerprint density at radius 2 is 1.89 bits per heavy atom. The second-order valence-electron chi connectivity index (χ2n) is 6.00. The van der Waals surface area contributed by atoms with Crippen LogP contribution in [0, 0.1) is 5.92 Å². The molecule has 0 radical (unpaired) electrons. The normalized spacial score (nSPS) is 17.7. The topological polar surface area (TPSA) is 45.8 Å². The van der Waals surface area contributed by atoms with Gasteiger partial charge in [-0.15, -0.1) is 0 Å². The third-order valence-electron chi connectivity index (χ3n) is 3.79. The van der Waals surface area contributed by atoms with E-state index in [0.717, 1.165) is 30.8 Å². The molecule has 0 amide bonds. The molecule has 0 bridgehead atoms. The lowest BCUT2D eigenvalue weighted by Crippen LogP contribution is -2.19. The summed E-state index contributed by atoms with van der Waals surface area (Å²) >= 11 is 3.38. The summed E-state index contributed by atoms with van der Waals surface area (Å²) in [5.74, 6) is 1.85. The van der Waals surface area contributed by atoms with E-state index in [0.29, 0.717) is 16.3 Å². The molecule has 1 aromatic heterocycles. The third-order valence-corrected chi connectivity index (χ3v) is 4.61. The minimum Gasteiger partial charge on any atom is -0.309 e. The lowest BCUT2D eigenvalue weighted by atomic mass is 9.99. The van der Waals surface area contributed by atoms with Gasteiger partial charge < -0.3 is 4.98 Å². The zero-order chi connectivity index (χ0) is 13.8. The van der Waals surface area contributed by atoms with Crippen LogP contribution in [-0.4, -0.2) is 9.97 Å². The highest BCUT2D eigenvalue weighted by atomic mass is 79.9. The molecule has 0 atom stereocenters. The Bertz CT molecular complexity index is 474. The number of hydrogen-bond acceptors (Lipinski definition) is 2. The van der Waals surface area contributed by atoms with E-state index < -0.39 is 0 Å². The van der Waals surface area contributed by atoms with Crippen molar-refractivity contribution in [1.29, 1.82) is 0 Å². The van der Waals surface area contributed by atoms with Gasteiger partial charge in [-0.25, -0.2) is 4.98 Å². The summed E-state index contributed by atoms with van der Waals surface area (Å²) in [7, 11) is 0. The van der Waals surface area contributed by atoms with E-state index in [1.165, 1.54) is 25.7 Å². The molecule has 1 heterocycles. The standard InChI is InChI=1S/C15H23BrN2O/c1-10(2)9-12-13(16)15(19)18-14(17-12)11-7-5-3-4-6-8-11/h10-11H,3-9H2,1-2H3,(H,17,18,19). The average molecular weight is 327 g/mol. The van der Waals surface area contributed by atoms with Crippen molar-refractivity contribution < 1.29 is 0 Å². The molecule has 0 saturated heterocycles. The number of aromatic nitrogens is 2. The fourth-order valence-electron chi connectivity index (χ4n) is 2.79. The van der Waals surface area contributed by atoms with Gasteiger partial charge in [-0.1, -0.05) is 39.5 Å². The zero-order valence-corrected chi connectivity index (χ0v) is 13.4. The molecule has 1 aliphatic carbocycles. The lowest BCUT2D eigenvalue weighted by molar-refractivity contribution is 0.547. The number of H-pyrrole nitrogens is 1. The molecule has 1 N–H and O–H groups in total. The van der Waals surface area contributed by atoms with Gasteiger partial charge in [0.2, 0.25) is 0 Å². The van der Waals surface area contributed by atoms with Crippen LogP contribution in [0.3, 0.4) is 0 Å². The maximum absolute atomic E-state index is 12.0. The molecular formula is C15H23BrN2O. The van der Waals surface area contributed by atoms with Gasteiger partial charge in [-0.3, -0.25) is 4.79 Å². The van der Waals surface area contributed by atoms with Gasteiger partial charge in [0.1, 0.15) is 10.3 Å². The van der Waals surface area contributed by atoms with E-state index in [2.05, 4.69) is 34.8 Å². The van der Waals surface area contributed by atoms with E-state index in [1.54, 1.807) is 0 Å². The minimum absolute atomic E-state index is 0.0232. The van der Waals surface area contributed by atoms with Gasteiger partial charge in [0.25, 0.3) is 5.56 Å². The molecule has 4 heteroatoms. The summed E-state index contributed by atoms with van der Waals surface area (Å²) in [6.07, 6.45) is 8.31. The third kappa shape index (κ3) is 3.91. The largest absolute Gasteiger partial charge is 0.309 e. The molecule has 19 heavy (non-hydrogen) atoms. The number of nitrogens with zero attached hydrogens (tertiary/aromatic N) is 1. The zero-order valence-electron chi connectivity index (χ0n) is 11.8. The molecule has 0 aliphatic heterocycles. The summed E-state index contributed by atoms with van der Waals surface area (Å²) in [5, 5.41) is 0. The Balaban J connectivity index is 2.29. The molecular weight excluding hydrogens is 304 g/mol. The quantitative estimate of drug-likeness (QED) is 0.847. The minimum atomic E-state index is -0.0232. The number of nitrogens with one attached hydrogen (secondary N) is 1. The van der Waals surface area contributed by atoms with Gasteiger partial charge in [-0.05, 0) is 41.1 Å². The van der Waals surface area contributed by atoms with Crippen molar-refractivity contribution in [3.8, 4) is 0 Å². The summed E-state index contributed by atoms with van der Waals surface area (Å²) in [4.78, 5) is 19.7. The molecule has 0 spiro atoms. The van der Waals surface area contributed by atoms with Crippen LogP contribution in [0.5, 0.6) is 0 Å². The van der Waals surface area contributed by atoms with Crippen LogP contribution in [0.2, 0.25) is 0 Å². The first kappa shape index (κ1) is 14.8. The number of halogens is 1. The van der Waals surface area contributed by atoms with Crippen molar-refractivity contribution in [3.63, 3.8) is 0 Å². The Hall–Kier alpha value is -0.640. The maximum atomic E-state index is 12.0. The van der Waals surface area contributed by atoms with E-state index in [-0.39, 0.29) is 5.56 Å². The molecule has 3 nitrogen and oxygen atoms in total. The fraction of sp³-hybridized carbons (Fsp3) is 0.733. The first-order valence-electron chi connectivity index (χ1n) is 7.36. The second kappa shape index (κ2) is 6.69. The predicted octanol–water partition coefficient (Wildman–Crippen LogP) is 4.17. The summed E-state index contributed by atoms with van der Waals surface area (Å²) in [6.45, 7) is 4.31. The smallest absolute Gasteiger partial charge is 0.265 e. The number of aromatic amines is 1. The van der Waals surface area contributed by atoms with E-state index >= 15 is 0 Å². The Morgan fingerprint density at radius 1 is 1.26 bits per heavy atom. The van der Waals surface area contributed by atoms with Crippen LogP contribution in [0.15, 0.2) is 9.27 Å². The van der Waals surface area contributed by atoms with Crippen LogP contribution in [-0.2, 0) is 6.42 Å². The van der Waals surface area contributed by atoms with Crippen LogP contribution < -0.4 is 5.56 Å². The van der Waals surface area contributed by atoms with Gasteiger partial charge in [-0.2, -0.15) is 0 Å². The van der Waals surface area contributed by atoms with Gasteiger partial charge in [0, 0.05) is 5.92 Å². The van der Waals surface area contributed by atoms with E-state index in [1.807, 2.05) is 0 Å². The van der Waals surface area contributed by atoms with Crippen LogP contribution >= 0.6 is 15.9 Å². The van der Waals surface area contributed by atoms with Crippen molar-refractivity contribution in [3.05, 3.63) is 26.3 Å². The fourth-order valence-corrected chi connectivity index (χ4v) is 3.14. The molecule has 1 aromatic rings. The predicted molar refractivity (Wildman–Crippen MR) is 81.5 cm³/mol. The van der Waals surface area contributed by atoms with Gasteiger partial charge in [0.15, 0.2) is 0 Å². The first-order chi connectivity index (χ1) is 9.08. The van der Waals surface area contributed by atoms with Crippen LogP contribution in [0.1, 0.15) is 69.8 Å². The van der Waals surface area contributed by atoms with Crippen molar-refractivity contribution in [2.75, 3.05) is 0 Å². The lowest BCUT2D eigenvalue weighted by Gasteiger charge is -2.15. The molecule has 2 rings (SSSR count). The molecule has 1 saturated carbocycles. The van der Waals surface area contributed by atoms with Crippen molar-refractivity contribution in [1.82, 2.24) is 9.97 Å². The Kier molecular flexibility index (Phi) is 5.20. The summed E-state index contributed by atoms with van der Waals surface area (Å²) in [6, 6.07) is 0. The summed E-state index contributed by atoms with van der Waals surface area (Å²) < 4.78 is 0.610. The van der Waals surface area contributed by atoms with Crippen molar-refractivity contribution in [2.45, 2.75) is 64.7 Å². The maximum Gasteiger partial charge on any atom is 0.265 e. The monoisotopic (exact) mass is 326 g/mol. The Labute approximate surface area is 123 Å². The second-order valence-corrected chi connectivity index (χ2v) is 6.79. The SMILES string of the molecule is CC(C)Cc1nc(C2CCCCCC2)[nH]c(=O)c1Br. The van der Waals surface area contributed by atoms with E-state index in [9.17, 15) is 4.79 Å². The molecule has 0 aromatic carbocycles. The highest BCUT2D eigenvalue weighted by molar-refractivity contribution is 9.10. The molecule has 0 unspecified atom stereocenters. The summed E-state index contributed by atoms with van der Waals surface area (Å²) in [5.41, 5.74) is 0.892. The van der Waals surface area contributed by atoms with Gasteiger partial charge >= 0.3 is 0 Å². The molecule has 1 aliphatic rings. The van der Waals surface area contributed by atoms with Crippen LogP contribution in [0.4, 0.5) is 0 Å². The number of hydrogen-bond donors (Lipinski definition) is 1. The van der Waals surface area contributed by atoms with E-state index in [4.69, 9.17) is 4.98 Å².